The fourth-order valence-electron chi connectivity index (χ4n) is 0.351. The van der Waals surface area contributed by atoms with E-state index in [1.54, 1.807) is 0 Å². The van der Waals surface area contributed by atoms with E-state index in [1.165, 1.54) is 0 Å². The number of hydrogen-bond acceptors (Lipinski definition) is 1. The number of allylic oxidation sites excluding steroid dienone is 1. The third-order valence-electron chi connectivity index (χ3n) is 0.942. The van der Waals surface area contributed by atoms with Crippen LogP contribution >= 0.6 is 24.8 Å². The molecule has 0 heterocycles. The van der Waals surface area contributed by atoms with Crippen LogP contribution in [0.2, 0.25) is 0 Å². The van der Waals surface area contributed by atoms with Gasteiger partial charge < -0.3 is 0 Å². The van der Waals surface area contributed by atoms with Gasteiger partial charge in [-0.25, -0.2) is 0 Å². The first-order valence-corrected chi connectivity index (χ1v) is 3.37. The highest BCUT2D eigenvalue weighted by Crippen LogP contribution is 2.07. The van der Waals surface area contributed by atoms with E-state index in [0.29, 0.717) is 5.92 Å². The molecule has 1 unspecified atom stereocenters. The Kier molecular flexibility index (Phi) is 4.19. The molecular weight excluding hydrogens is 136 g/mol. The molecule has 0 aliphatic carbocycles. The fraction of sp³-hybridized carbons (Fsp3) is 0.500. The number of thiol groups is 1. The summed E-state index contributed by atoms with van der Waals surface area (Å²) in [4.78, 5) is 0. The second-order valence-electron chi connectivity index (χ2n) is 1.76. The highest BCUT2D eigenvalue weighted by molar-refractivity contribution is 8.11. The zero-order chi connectivity index (χ0) is 6.57. The van der Waals surface area contributed by atoms with Crippen LogP contribution in [0.3, 0.4) is 0 Å². The van der Waals surface area contributed by atoms with Crippen molar-refractivity contribution in [2.45, 2.75) is 13.3 Å². The third kappa shape index (κ3) is 3.22. The lowest BCUT2D eigenvalue weighted by molar-refractivity contribution is 0.815. The molecule has 0 N–H and O–H groups in total. The summed E-state index contributed by atoms with van der Waals surface area (Å²) in [6.07, 6.45) is 2.79. The van der Waals surface area contributed by atoms with Crippen molar-refractivity contribution in [3.8, 4) is 0 Å². The Morgan fingerprint density at radius 1 is 2.00 bits per heavy atom. The number of thiocarbonyl (C=S) groups is 1. The highest BCUT2D eigenvalue weighted by Gasteiger charge is 1.99. The molecule has 0 rings (SSSR count). The topological polar surface area (TPSA) is 0 Å². The number of rotatable bonds is 3. The Morgan fingerprint density at radius 3 is 2.62 bits per heavy atom. The van der Waals surface area contributed by atoms with Crippen molar-refractivity contribution in [3.05, 3.63) is 12.7 Å². The van der Waals surface area contributed by atoms with E-state index in [2.05, 4.69) is 19.2 Å². The quantitative estimate of drug-likeness (QED) is 0.362. The molecule has 0 saturated carbocycles. The largest absolute Gasteiger partial charge is 0.136 e. The minimum atomic E-state index is 0.394. The Hall–Kier alpha value is 0.180. The zero-order valence-corrected chi connectivity index (χ0v) is 6.64. The average Bonchev–Trinajstić information content (AvgIpc) is 1.67. The lowest BCUT2D eigenvalue weighted by Crippen LogP contribution is -1.98. The highest BCUT2D eigenvalue weighted by atomic mass is 32.1. The minimum Gasteiger partial charge on any atom is -0.136 e. The van der Waals surface area contributed by atoms with Gasteiger partial charge in [-0.2, -0.15) is 0 Å². The molecule has 0 aromatic carbocycles. The van der Waals surface area contributed by atoms with Crippen molar-refractivity contribution in [2.75, 3.05) is 0 Å². The van der Waals surface area contributed by atoms with Crippen LogP contribution in [0.15, 0.2) is 12.7 Å². The number of hydrogen-bond donors (Lipinski definition) is 1. The van der Waals surface area contributed by atoms with Crippen molar-refractivity contribution in [1.82, 2.24) is 0 Å². The van der Waals surface area contributed by atoms with E-state index < -0.39 is 0 Å². The molecule has 0 aliphatic rings. The molecule has 0 aromatic rings. The summed E-state index contributed by atoms with van der Waals surface area (Å²) >= 11 is 8.81. The first kappa shape index (κ1) is 8.18. The molecule has 8 heavy (non-hydrogen) atoms. The lowest BCUT2D eigenvalue weighted by Gasteiger charge is -2.01. The van der Waals surface area contributed by atoms with Gasteiger partial charge in [-0.15, -0.1) is 19.2 Å². The SMILES string of the molecule is C=CCC(C)C(=S)S. The molecule has 0 radical (unpaired) electrons. The van der Waals surface area contributed by atoms with Crippen LogP contribution in [0.4, 0.5) is 0 Å². The van der Waals surface area contributed by atoms with Gasteiger partial charge in [-0.05, 0) is 6.42 Å². The van der Waals surface area contributed by atoms with Gasteiger partial charge >= 0.3 is 0 Å². The Balaban J connectivity index is 3.46. The minimum absolute atomic E-state index is 0.394. The molecule has 1 atom stereocenters. The van der Waals surface area contributed by atoms with Crippen LogP contribution in [0, 0.1) is 5.92 Å². The van der Waals surface area contributed by atoms with Crippen LogP contribution in [-0.2, 0) is 0 Å². The van der Waals surface area contributed by atoms with Gasteiger partial charge in [-0.3, -0.25) is 0 Å². The maximum absolute atomic E-state index is 4.80. The first-order chi connectivity index (χ1) is 3.68. The summed E-state index contributed by atoms with van der Waals surface area (Å²) in [5, 5.41) is 0. The van der Waals surface area contributed by atoms with Crippen molar-refractivity contribution in [1.29, 1.82) is 0 Å². The molecule has 2 heteroatoms. The van der Waals surface area contributed by atoms with Crippen LogP contribution in [0.5, 0.6) is 0 Å². The Morgan fingerprint density at radius 2 is 2.50 bits per heavy atom. The maximum Gasteiger partial charge on any atom is 0.0479 e. The van der Waals surface area contributed by atoms with E-state index in [0.717, 1.165) is 10.6 Å². The van der Waals surface area contributed by atoms with Crippen LogP contribution in [-0.4, -0.2) is 4.20 Å². The van der Waals surface area contributed by atoms with Gasteiger partial charge in [0.25, 0.3) is 0 Å². The van der Waals surface area contributed by atoms with E-state index in [4.69, 9.17) is 12.2 Å². The van der Waals surface area contributed by atoms with Crippen molar-refractivity contribution < 1.29 is 0 Å². The molecule has 0 aliphatic heterocycles. The fourth-order valence-corrected chi connectivity index (χ4v) is 0.552. The zero-order valence-electron chi connectivity index (χ0n) is 4.92. The summed E-state index contributed by atoms with van der Waals surface area (Å²) in [6, 6.07) is 0. The average molecular weight is 146 g/mol. The van der Waals surface area contributed by atoms with Crippen LogP contribution < -0.4 is 0 Å². The summed E-state index contributed by atoms with van der Waals surface area (Å²) in [5.74, 6) is 0.394. The van der Waals surface area contributed by atoms with Gasteiger partial charge in [0.2, 0.25) is 0 Å². The standard InChI is InChI=1S/C6H10S2/c1-3-4-5(2)6(7)8/h3,5H,1,4H2,2H3,(H,7,8). The van der Waals surface area contributed by atoms with Crippen molar-refractivity contribution in [2.24, 2.45) is 5.92 Å². The second-order valence-corrected chi connectivity index (χ2v) is 2.99. The van der Waals surface area contributed by atoms with Gasteiger partial charge in [-0.1, -0.05) is 25.2 Å². The summed E-state index contributed by atoms with van der Waals surface area (Å²) in [6.45, 7) is 5.63. The maximum atomic E-state index is 4.80. The van der Waals surface area contributed by atoms with Crippen molar-refractivity contribution in [3.63, 3.8) is 0 Å². The van der Waals surface area contributed by atoms with E-state index in [-0.39, 0.29) is 0 Å². The third-order valence-corrected chi connectivity index (χ3v) is 1.78. The van der Waals surface area contributed by atoms with Crippen LogP contribution in [0.25, 0.3) is 0 Å². The normalized spacial score (nSPS) is 12.8. The van der Waals surface area contributed by atoms with Gasteiger partial charge in [0.15, 0.2) is 0 Å². The van der Waals surface area contributed by atoms with Crippen molar-refractivity contribution >= 4 is 29.0 Å². The Bertz CT molecular complexity index is 96.7. The predicted molar refractivity (Wildman–Crippen MR) is 45.6 cm³/mol. The Labute approximate surface area is 61.4 Å². The summed E-state index contributed by atoms with van der Waals surface area (Å²) in [5.41, 5.74) is 0. The molecule has 0 aromatic heterocycles. The lowest BCUT2D eigenvalue weighted by atomic mass is 10.1. The van der Waals surface area contributed by atoms with Crippen LogP contribution in [0.1, 0.15) is 13.3 Å². The van der Waals surface area contributed by atoms with Gasteiger partial charge in [0.1, 0.15) is 0 Å². The molecule has 0 bridgehead atoms. The van der Waals surface area contributed by atoms with E-state index in [1.807, 2.05) is 13.0 Å². The van der Waals surface area contributed by atoms with E-state index in [9.17, 15) is 0 Å². The predicted octanol–water partition coefficient (Wildman–Crippen LogP) is 2.46. The molecule has 0 spiro atoms. The monoisotopic (exact) mass is 146 g/mol. The smallest absolute Gasteiger partial charge is 0.0479 e. The molecule has 0 amide bonds. The molecule has 0 fully saturated rings. The molecular formula is C6H10S2. The second kappa shape index (κ2) is 4.10. The van der Waals surface area contributed by atoms with E-state index >= 15 is 0 Å². The molecule has 0 saturated heterocycles. The first-order valence-electron chi connectivity index (χ1n) is 2.52. The van der Waals surface area contributed by atoms with Gasteiger partial charge in [0, 0.05) is 10.1 Å². The summed E-state index contributed by atoms with van der Waals surface area (Å²) < 4.78 is 0.768. The van der Waals surface area contributed by atoms with Gasteiger partial charge in [0.05, 0.1) is 0 Å². The summed E-state index contributed by atoms with van der Waals surface area (Å²) in [7, 11) is 0. The molecule has 46 valence electrons. The molecule has 0 nitrogen and oxygen atoms in total.